The molecule has 3 amide bonds. The fraction of sp³-hybridized carbons (Fsp3) is 0.533. The Morgan fingerprint density at radius 3 is 2.54 bits per heavy atom. The average molecular weight is 370 g/mol. The van der Waals surface area contributed by atoms with E-state index in [-0.39, 0.29) is 31.0 Å². The van der Waals surface area contributed by atoms with Crippen LogP contribution in [0.3, 0.4) is 0 Å². The molecular formula is C15H18N2O5S2. The van der Waals surface area contributed by atoms with Crippen LogP contribution in [-0.2, 0) is 24.2 Å². The van der Waals surface area contributed by atoms with E-state index in [1.54, 1.807) is 6.07 Å². The van der Waals surface area contributed by atoms with Crippen LogP contribution in [0, 0.1) is 5.92 Å². The van der Waals surface area contributed by atoms with Gasteiger partial charge in [-0.2, -0.15) is 0 Å². The fourth-order valence-electron chi connectivity index (χ4n) is 3.17. The molecular weight excluding hydrogens is 352 g/mol. The van der Waals surface area contributed by atoms with Gasteiger partial charge in [0, 0.05) is 30.8 Å². The molecule has 2 fully saturated rings. The van der Waals surface area contributed by atoms with Gasteiger partial charge in [0.1, 0.15) is 0 Å². The van der Waals surface area contributed by atoms with Crippen molar-refractivity contribution < 1.29 is 22.8 Å². The van der Waals surface area contributed by atoms with E-state index in [2.05, 4.69) is 5.32 Å². The van der Waals surface area contributed by atoms with Crippen molar-refractivity contribution in [1.82, 2.24) is 10.2 Å². The number of carbonyl (C=O) groups excluding carboxylic acids is 3. The zero-order valence-electron chi connectivity index (χ0n) is 12.9. The number of amides is 3. The lowest BCUT2D eigenvalue weighted by Crippen LogP contribution is -2.46. The summed E-state index contributed by atoms with van der Waals surface area (Å²) < 4.78 is 25.0. The SMILES string of the molecule is O=C1CC(C(=O)N2CC[C@@H](c3cccs3)S(=O)(=O)CC2)CC(=O)N1. The number of thiophene rings is 1. The van der Waals surface area contributed by atoms with Crippen LogP contribution in [0.1, 0.15) is 29.4 Å². The number of imide groups is 1. The molecule has 0 aliphatic carbocycles. The molecule has 1 aromatic heterocycles. The Hall–Kier alpha value is -1.74. The topological polar surface area (TPSA) is 101 Å². The van der Waals surface area contributed by atoms with E-state index in [0.29, 0.717) is 13.0 Å². The summed E-state index contributed by atoms with van der Waals surface area (Å²) in [6.45, 7) is 0.419. The molecule has 3 rings (SSSR count). The van der Waals surface area contributed by atoms with Crippen molar-refractivity contribution in [3.05, 3.63) is 22.4 Å². The van der Waals surface area contributed by atoms with Crippen LogP contribution in [-0.4, -0.2) is 49.9 Å². The second kappa shape index (κ2) is 6.64. The monoisotopic (exact) mass is 370 g/mol. The quantitative estimate of drug-likeness (QED) is 0.764. The lowest BCUT2D eigenvalue weighted by Gasteiger charge is -2.27. The predicted octanol–water partition coefficient (Wildman–Crippen LogP) is 0.489. The Labute approximate surface area is 143 Å². The Kier molecular flexibility index (Phi) is 4.73. The van der Waals surface area contributed by atoms with E-state index in [9.17, 15) is 22.8 Å². The maximum atomic E-state index is 12.6. The molecule has 2 aliphatic rings. The molecule has 0 radical (unpaired) electrons. The van der Waals surface area contributed by atoms with Crippen molar-refractivity contribution in [1.29, 1.82) is 0 Å². The molecule has 130 valence electrons. The van der Waals surface area contributed by atoms with Crippen molar-refractivity contribution >= 4 is 38.9 Å². The number of nitrogens with zero attached hydrogens (tertiary/aromatic N) is 1. The highest BCUT2D eigenvalue weighted by Crippen LogP contribution is 2.33. The minimum absolute atomic E-state index is 0.0256. The highest BCUT2D eigenvalue weighted by Gasteiger charge is 2.37. The van der Waals surface area contributed by atoms with Crippen molar-refractivity contribution in [3.63, 3.8) is 0 Å². The van der Waals surface area contributed by atoms with Gasteiger partial charge in [0.15, 0.2) is 9.84 Å². The van der Waals surface area contributed by atoms with Gasteiger partial charge in [-0.15, -0.1) is 11.3 Å². The minimum atomic E-state index is -3.33. The lowest BCUT2D eigenvalue weighted by molar-refractivity contribution is -0.145. The second-order valence-electron chi connectivity index (χ2n) is 6.06. The first-order valence-corrected chi connectivity index (χ1v) is 10.3. The summed E-state index contributed by atoms with van der Waals surface area (Å²) in [4.78, 5) is 37.8. The number of hydrogen-bond acceptors (Lipinski definition) is 6. The molecule has 3 heterocycles. The summed E-state index contributed by atoms with van der Waals surface area (Å²) in [6.07, 6.45) is 0.284. The molecule has 1 aromatic rings. The number of nitrogens with one attached hydrogen (secondary N) is 1. The molecule has 9 heteroatoms. The Morgan fingerprint density at radius 2 is 1.92 bits per heavy atom. The van der Waals surface area contributed by atoms with E-state index >= 15 is 0 Å². The van der Waals surface area contributed by atoms with E-state index in [0.717, 1.165) is 4.88 Å². The zero-order valence-corrected chi connectivity index (χ0v) is 14.6. The zero-order chi connectivity index (χ0) is 17.3. The predicted molar refractivity (Wildman–Crippen MR) is 87.9 cm³/mol. The van der Waals surface area contributed by atoms with Gasteiger partial charge in [-0.05, 0) is 17.9 Å². The van der Waals surface area contributed by atoms with Gasteiger partial charge in [0.05, 0.1) is 16.9 Å². The molecule has 7 nitrogen and oxygen atoms in total. The van der Waals surface area contributed by atoms with Gasteiger partial charge < -0.3 is 4.90 Å². The lowest BCUT2D eigenvalue weighted by atomic mass is 9.95. The summed E-state index contributed by atoms with van der Waals surface area (Å²) >= 11 is 1.40. The smallest absolute Gasteiger partial charge is 0.227 e. The first kappa shape index (κ1) is 17.1. The molecule has 0 unspecified atom stereocenters. The van der Waals surface area contributed by atoms with Crippen molar-refractivity contribution in [2.24, 2.45) is 5.92 Å². The van der Waals surface area contributed by atoms with E-state index in [1.807, 2.05) is 11.4 Å². The van der Waals surface area contributed by atoms with Crippen LogP contribution < -0.4 is 5.32 Å². The molecule has 0 spiro atoms. The van der Waals surface area contributed by atoms with Crippen molar-refractivity contribution in [2.75, 3.05) is 18.8 Å². The largest absolute Gasteiger partial charge is 0.341 e. The number of carbonyl (C=O) groups is 3. The van der Waals surface area contributed by atoms with Crippen LogP contribution in [0.2, 0.25) is 0 Å². The van der Waals surface area contributed by atoms with Crippen LogP contribution in [0.25, 0.3) is 0 Å². The molecule has 0 bridgehead atoms. The average Bonchev–Trinajstić information content (AvgIpc) is 2.97. The highest BCUT2D eigenvalue weighted by atomic mass is 32.2. The molecule has 0 aromatic carbocycles. The van der Waals surface area contributed by atoms with Gasteiger partial charge in [-0.3, -0.25) is 19.7 Å². The summed E-state index contributed by atoms with van der Waals surface area (Å²) in [5, 5.41) is 3.42. The van der Waals surface area contributed by atoms with Crippen LogP contribution >= 0.6 is 11.3 Å². The summed E-state index contributed by atoms with van der Waals surface area (Å²) in [6, 6.07) is 3.62. The third kappa shape index (κ3) is 3.51. The van der Waals surface area contributed by atoms with Gasteiger partial charge >= 0.3 is 0 Å². The van der Waals surface area contributed by atoms with Crippen LogP contribution in [0.5, 0.6) is 0 Å². The summed E-state index contributed by atoms with van der Waals surface area (Å²) in [5.74, 6) is -2.01. The first-order valence-electron chi connectivity index (χ1n) is 7.73. The Bertz CT molecular complexity index is 741. The second-order valence-corrected chi connectivity index (χ2v) is 9.34. The van der Waals surface area contributed by atoms with Crippen LogP contribution in [0.4, 0.5) is 0 Å². The Balaban J connectivity index is 1.74. The molecule has 2 saturated heterocycles. The van der Waals surface area contributed by atoms with Gasteiger partial charge in [0.25, 0.3) is 0 Å². The fourth-order valence-corrected chi connectivity index (χ4v) is 6.17. The van der Waals surface area contributed by atoms with E-state index < -0.39 is 32.8 Å². The highest BCUT2D eigenvalue weighted by molar-refractivity contribution is 7.91. The molecule has 1 atom stereocenters. The molecule has 2 aliphatic heterocycles. The number of hydrogen-bond donors (Lipinski definition) is 1. The third-order valence-electron chi connectivity index (χ3n) is 4.40. The first-order chi connectivity index (χ1) is 11.4. The van der Waals surface area contributed by atoms with E-state index in [1.165, 1.54) is 16.2 Å². The summed E-state index contributed by atoms with van der Waals surface area (Å²) in [5.41, 5.74) is 0. The van der Waals surface area contributed by atoms with Crippen molar-refractivity contribution in [2.45, 2.75) is 24.5 Å². The Morgan fingerprint density at radius 1 is 1.21 bits per heavy atom. The molecule has 0 saturated carbocycles. The standard InChI is InChI=1S/C15H18N2O5S2/c18-13-8-10(9-14(19)16-13)15(20)17-4-3-12(11-2-1-6-23-11)24(21,22)7-5-17/h1-2,6,10,12H,3-5,7-9H2,(H,16,18,19)/t12-/m0/s1. The minimum Gasteiger partial charge on any atom is -0.341 e. The van der Waals surface area contributed by atoms with E-state index in [4.69, 9.17) is 0 Å². The maximum absolute atomic E-state index is 12.6. The maximum Gasteiger partial charge on any atom is 0.227 e. The molecule has 24 heavy (non-hydrogen) atoms. The molecule has 1 N–H and O–H groups in total. The normalized spacial score (nSPS) is 25.2. The number of piperidine rings is 1. The van der Waals surface area contributed by atoms with Crippen LogP contribution in [0.15, 0.2) is 17.5 Å². The summed E-state index contributed by atoms with van der Waals surface area (Å²) in [7, 11) is -3.33. The van der Waals surface area contributed by atoms with Crippen molar-refractivity contribution in [3.8, 4) is 0 Å². The van der Waals surface area contributed by atoms with Gasteiger partial charge in [-0.25, -0.2) is 8.42 Å². The number of sulfone groups is 1. The van der Waals surface area contributed by atoms with Gasteiger partial charge in [0.2, 0.25) is 17.7 Å². The number of rotatable bonds is 2. The third-order valence-corrected chi connectivity index (χ3v) is 7.65. The van der Waals surface area contributed by atoms with Gasteiger partial charge in [-0.1, -0.05) is 6.07 Å².